The quantitative estimate of drug-likeness (QED) is 0.767. The lowest BCUT2D eigenvalue weighted by Gasteiger charge is -2.16. The van der Waals surface area contributed by atoms with Gasteiger partial charge in [0, 0.05) is 11.5 Å². The molecule has 0 atom stereocenters. The highest BCUT2D eigenvalue weighted by Crippen LogP contribution is 2.29. The van der Waals surface area contributed by atoms with Crippen molar-refractivity contribution < 1.29 is 9.59 Å². The highest BCUT2D eigenvalue weighted by Gasteiger charge is 2.31. The maximum absolute atomic E-state index is 11.9. The van der Waals surface area contributed by atoms with Gasteiger partial charge >= 0.3 is 0 Å². The number of carbonyl (C=O) groups excluding carboxylic acids is 2. The number of amides is 2. The van der Waals surface area contributed by atoms with Gasteiger partial charge in [0.15, 0.2) is 0 Å². The van der Waals surface area contributed by atoms with E-state index in [-0.39, 0.29) is 5.70 Å². The summed E-state index contributed by atoms with van der Waals surface area (Å²) in [4.78, 5) is 24.8. The number of hydrogen-bond acceptors (Lipinski definition) is 3. The molecule has 0 aromatic heterocycles. The van der Waals surface area contributed by atoms with Crippen LogP contribution in [0.4, 0.5) is 5.69 Å². The van der Waals surface area contributed by atoms with Crippen molar-refractivity contribution in [1.82, 2.24) is 0 Å². The number of anilines is 1. The van der Waals surface area contributed by atoms with E-state index in [4.69, 9.17) is 5.73 Å². The highest BCUT2D eigenvalue weighted by atomic mass is 16.2. The first kappa shape index (κ1) is 10.5. The lowest BCUT2D eigenvalue weighted by Crippen LogP contribution is -2.32. The minimum absolute atomic E-state index is 0.0204. The van der Waals surface area contributed by atoms with Crippen molar-refractivity contribution in [3.8, 4) is 0 Å². The zero-order chi connectivity index (χ0) is 12.7. The summed E-state index contributed by atoms with van der Waals surface area (Å²) >= 11 is 0. The number of imide groups is 1. The topological polar surface area (TPSA) is 63.4 Å². The third-order valence-corrected chi connectivity index (χ3v) is 2.96. The number of benzene rings is 2. The van der Waals surface area contributed by atoms with Crippen LogP contribution in [0.2, 0.25) is 0 Å². The molecule has 4 heteroatoms. The monoisotopic (exact) mass is 238 g/mol. The number of carbonyl (C=O) groups is 2. The van der Waals surface area contributed by atoms with Crippen LogP contribution in [0.25, 0.3) is 10.8 Å². The molecule has 4 nitrogen and oxygen atoms in total. The van der Waals surface area contributed by atoms with Crippen LogP contribution in [0, 0.1) is 0 Å². The molecule has 2 amide bonds. The highest BCUT2D eigenvalue weighted by molar-refractivity contribution is 6.32. The normalized spacial score (nSPS) is 15.3. The average Bonchev–Trinajstić information content (AvgIpc) is 2.63. The lowest BCUT2D eigenvalue weighted by molar-refractivity contribution is -0.120. The molecular weight excluding hydrogens is 228 g/mol. The molecule has 18 heavy (non-hydrogen) atoms. The fourth-order valence-corrected chi connectivity index (χ4v) is 2.12. The minimum atomic E-state index is -0.462. The summed E-state index contributed by atoms with van der Waals surface area (Å²) in [6.45, 7) is 0. The molecule has 0 unspecified atom stereocenters. The van der Waals surface area contributed by atoms with Crippen LogP contribution < -0.4 is 10.6 Å². The van der Waals surface area contributed by atoms with Crippen LogP contribution in [0.3, 0.4) is 0 Å². The molecule has 2 aromatic rings. The Hall–Kier alpha value is -2.62. The van der Waals surface area contributed by atoms with E-state index >= 15 is 0 Å². The van der Waals surface area contributed by atoms with Crippen molar-refractivity contribution in [1.29, 1.82) is 0 Å². The molecule has 1 aliphatic heterocycles. The van der Waals surface area contributed by atoms with Crippen molar-refractivity contribution in [3.63, 3.8) is 0 Å². The zero-order valence-electron chi connectivity index (χ0n) is 9.46. The number of fused-ring (bicyclic) bond motifs is 1. The molecule has 1 aliphatic rings. The fourth-order valence-electron chi connectivity index (χ4n) is 2.12. The largest absolute Gasteiger partial charge is 0.394 e. The van der Waals surface area contributed by atoms with E-state index in [0.29, 0.717) is 5.69 Å². The Labute approximate surface area is 103 Å². The summed E-state index contributed by atoms with van der Waals surface area (Å²) in [5, 5.41) is 1.82. The van der Waals surface area contributed by atoms with Crippen LogP contribution in [0.5, 0.6) is 0 Å². The van der Waals surface area contributed by atoms with Gasteiger partial charge in [0.1, 0.15) is 5.70 Å². The van der Waals surface area contributed by atoms with Crippen LogP contribution >= 0.6 is 0 Å². The Bertz CT molecular complexity index is 699. The Morgan fingerprint density at radius 2 is 1.67 bits per heavy atom. The molecule has 2 N–H and O–H groups in total. The van der Waals surface area contributed by atoms with E-state index < -0.39 is 11.8 Å². The van der Waals surface area contributed by atoms with Crippen molar-refractivity contribution in [2.45, 2.75) is 0 Å². The standard InChI is InChI=1S/C14H10N2O2/c15-11-8-13(17)16(14(11)18)12-7-3-5-9-4-1-2-6-10(9)12/h1-8H,15H2. The number of hydrogen-bond donors (Lipinski definition) is 1. The summed E-state index contributed by atoms with van der Waals surface area (Å²) in [5.74, 6) is -0.856. The van der Waals surface area contributed by atoms with Crippen molar-refractivity contribution in [2.75, 3.05) is 4.90 Å². The van der Waals surface area contributed by atoms with Gasteiger partial charge in [0.2, 0.25) is 0 Å². The van der Waals surface area contributed by atoms with E-state index in [9.17, 15) is 9.59 Å². The second-order valence-electron chi connectivity index (χ2n) is 4.08. The van der Waals surface area contributed by atoms with Gasteiger partial charge in [-0.25, -0.2) is 4.90 Å². The summed E-state index contributed by atoms with van der Waals surface area (Å²) < 4.78 is 0. The molecule has 0 aliphatic carbocycles. The van der Waals surface area contributed by atoms with Gasteiger partial charge in [-0.2, -0.15) is 0 Å². The number of nitrogens with zero attached hydrogens (tertiary/aromatic N) is 1. The molecule has 1 heterocycles. The third-order valence-electron chi connectivity index (χ3n) is 2.96. The Morgan fingerprint density at radius 1 is 0.944 bits per heavy atom. The van der Waals surface area contributed by atoms with Gasteiger partial charge in [-0.3, -0.25) is 9.59 Å². The smallest absolute Gasteiger partial charge is 0.281 e. The molecular formula is C14H10N2O2. The summed E-state index contributed by atoms with van der Waals surface area (Å²) in [6, 6.07) is 13.1. The maximum atomic E-state index is 11.9. The molecule has 3 rings (SSSR count). The summed E-state index contributed by atoms with van der Waals surface area (Å²) in [5.41, 5.74) is 6.04. The predicted octanol–water partition coefficient (Wildman–Crippen LogP) is 1.56. The molecule has 0 bridgehead atoms. The van der Waals surface area contributed by atoms with E-state index in [1.165, 1.54) is 0 Å². The van der Waals surface area contributed by atoms with Gasteiger partial charge in [-0.1, -0.05) is 36.4 Å². The van der Waals surface area contributed by atoms with Crippen LogP contribution in [-0.4, -0.2) is 11.8 Å². The van der Waals surface area contributed by atoms with Crippen LogP contribution in [0.1, 0.15) is 0 Å². The first-order valence-electron chi connectivity index (χ1n) is 5.52. The Kier molecular flexibility index (Phi) is 2.16. The molecule has 88 valence electrons. The first-order chi connectivity index (χ1) is 8.68. The minimum Gasteiger partial charge on any atom is -0.394 e. The second kappa shape index (κ2) is 3.70. The van der Waals surface area contributed by atoms with Crippen molar-refractivity contribution in [3.05, 3.63) is 54.2 Å². The van der Waals surface area contributed by atoms with Crippen molar-refractivity contribution in [2.24, 2.45) is 5.73 Å². The molecule has 2 aromatic carbocycles. The van der Waals surface area contributed by atoms with Crippen LogP contribution in [0.15, 0.2) is 54.2 Å². The predicted molar refractivity (Wildman–Crippen MR) is 68.7 cm³/mol. The number of rotatable bonds is 1. The average molecular weight is 238 g/mol. The summed E-state index contributed by atoms with van der Waals surface area (Å²) in [6.07, 6.45) is 1.16. The third kappa shape index (κ3) is 1.39. The van der Waals surface area contributed by atoms with Gasteiger partial charge in [0.25, 0.3) is 11.8 Å². The lowest BCUT2D eigenvalue weighted by atomic mass is 10.1. The van der Waals surface area contributed by atoms with E-state index in [1.807, 2.05) is 36.4 Å². The number of nitrogens with two attached hydrogens (primary N) is 1. The van der Waals surface area contributed by atoms with Crippen molar-refractivity contribution >= 4 is 28.3 Å². The van der Waals surface area contributed by atoms with E-state index in [2.05, 4.69) is 0 Å². The molecule has 0 saturated carbocycles. The Balaban J connectivity index is 2.22. The van der Waals surface area contributed by atoms with Gasteiger partial charge in [-0.15, -0.1) is 0 Å². The molecule has 0 fully saturated rings. The van der Waals surface area contributed by atoms with Crippen LogP contribution in [-0.2, 0) is 9.59 Å². The van der Waals surface area contributed by atoms with Gasteiger partial charge < -0.3 is 5.73 Å². The SMILES string of the molecule is NC1=CC(=O)N(c2cccc3ccccc23)C1=O. The van der Waals surface area contributed by atoms with Gasteiger partial charge in [-0.05, 0) is 11.5 Å². The molecule has 0 saturated heterocycles. The zero-order valence-corrected chi connectivity index (χ0v) is 9.46. The summed E-state index contributed by atoms with van der Waals surface area (Å²) in [7, 11) is 0. The molecule has 0 spiro atoms. The second-order valence-corrected chi connectivity index (χ2v) is 4.08. The van der Waals surface area contributed by atoms with E-state index in [1.54, 1.807) is 6.07 Å². The van der Waals surface area contributed by atoms with E-state index in [0.717, 1.165) is 21.7 Å². The maximum Gasteiger partial charge on any atom is 0.281 e. The molecule has 0 radical (unpaired) electrons. The first-order valence-corrected chi connectivity index (χ1v) is 5.52. The Morgan fingerprint density at radius 3 is 2.39 bits per heavy atom. The van der Waals surface area contributed by atoms with Gasteiger partial charge in [0.05, 0.1) is 5.69 Å². The fraction of sp³-hybridized carbons (Fsp3) is 0.